The summed E-state index contributed by atoms with van der Waals surface area (Å²) in [7, 11) is 1.78. The van der Waals surface area contributed by atoms with Crippen molar-refractivity contribution in [3.05, 3.63) is 59.7 Å². The van der Waals surface area contributed by atoms with E-state index in [0.717, 1.165) is 5.56 Å². The maximum absolute atomic E-state index is 14.6. The van der Waals surface area contributed by atoms with Crippen molar-refractivity contribution >= 4 is 11.7 Å². The van der Waals surface area contributed by atoms with E-state index in [0.29, 0.717) is 22.6 Å². The van der Waals surface area contributed by atoms with Crippen molar-refractivity contribution in [3.63, 3.8) is 0 Å². The number of nitrogens with one attached hydrogen (secondary N) is 1. The number of tetrazole rings is 1. The van der Waals surface area contributed by atoms with E-state index in [1.54, 1.807) is 56.2 Å². The molecule has 1 atom stereocenters. The zero-order valence-electron chi connectivity index (χ0n) is 17.7. The lowest BCUT2D eigenvalue weighted by Crippen LogP contribution is -2.16. The van der Waals surface area contributed by atoms with Crippen LogP contribution in [0.5, 0.6) is 0 Å². The van der Waals surface area contributed by atoms with Crippen LogP contribution >= 0.6 is 0 Å². The van der Waals surface area contributed by atoms with Gasteiger partial charge in [-0.2, -0.15) is 5.10 Å². The summed E-state index contributed by atoms with van der Waals surface area (Å²) in [6.45, 7) is 3.38. The molecule has 164 valence electrons. The molecular weight excluding hydrogens is 415 g/mol. The minimum Gasteiger partial charge on any atom is -0.394 e. The van der Waals surface area contributed by atoms with Crippen LogP contribution in [0.2, 0.25) is 0 Å². The van der Waals surface area contributed by atoms with E-state index in [-0.39, 0.29) is 24.0 Å². The number of aryl methyl sites for hydroxylation is 2. The Morgan fingerprint density at radius 3 is 2.84 bits per heavy atom. The average molecular weight is 436 g/mol. The highest BCUT2D eigenvalue weighted by Gasteiger charge is 2.19. The van der Waals surface area contributed by atoms with Crippen LogP contribution in [0.4, 0.5) is 10.2 Å². The number of rotatable bonds is 6. The normalized spacial score (nSPS) is 12.0. The van der Waals surface area contributed by atoms with E-state index in [2.05, 4.69) is 30.9 Å². The first-order chi connectivity index (χ1) is 15.4. The number of anilines is 1. The van der Waals surface area contributed by atoms with Gasteiger partial charge in [0.15, 0.2) is 0 Å². The van der Waals surface area contributed by atoms with Crippen molar-refractivity contribution in [2.75, 3.05) is 11.9 Å². The second kappa shape index (κ2) is 8.63. The predicted molar refractivity (Wildman–Crippen MR) is 114 cm³/mol. The standard InChI is InChI=1S/C21H21FN8O2/c1-12-7-17(22)16(8-15(12)14-9-23-29(3)10-14)21(32)25-19-6-4-5-18(24-19)20-26-27-28-30(20)13(2)11-31/h4-10,13,31H,11H2,1-3H3,(H,24,25,32)/t13-/m1/s1. The molecule has 4 rings (SSSR count). The van der Waals surface area contributed by atoms with Crippen molar-refractivity contribution in [2.45, 2.75) is 19.9 Å². The fraction of sp³-hybridized carbons (Fsp3) is 0.238. The summed E-state index contributed by atoms with van der Waals surface area (Å²) in [5.74, 6) is -0.727. The van der Waals surface area contributed by atoms with E-state index in [1.165, 1.54) is 16.8 Å². The number of carbonyl (C=O) groups is 1. The maximum Gasteiger partial charge on any atom is 0.259 e. The van der Waals surface area contributed by atoms with Gasteiger partial charge in [-0.3, -0.25) is 9.48 Å². The molecule has 11 heteroatoms. The van der Waals surface area contributed by atoms with Gasteiger partial charge < -0.3 is 10.4 Å². The first-order valence-corrected chi connectivity index (χ1v) is 9.84. The van der Waals surface area contributed by atoms with E-state index >= 15 is 0 Å². The van der Waals surface area contributed by atoms with Crippen molar-refractivity contribution in [2.24, 2.45) is 7.05 Å². The fourth-order valence-corrected chi connectivity index (χ4v) is 3.27. The topological polar surface area (TPSA) is 124 Å². The number of aromatic nitrogens is 7. The molecule has 1 amide bonds. The zero-order chi connectivity index (χ0) is 22.8. The van der Waals surface area contributed by atoms with E-state index in [9.17, 15) is 14.3 Å². The summed E-state index contributed by atoms with van der Waals surface area (Å²) in [6, 6.07) is 7.41. The number of halogens is 1. The fourth-order valence-electron chi connectivity index (χ4n) is 3.27. The van der Waals surface area contributed by atoms with Gasteiger partial charge in [0.1, 0.15) is 17.3 Å². The van der Waals surface area contributed by atoms with Crippen LogP contribution in [0, 0.1) is 12.7 Å². The number of benzene rings is 1. The molecule has 3 aromatic heterocycles. The molecule has 0 aliphatic heterocycles. The van der Waals surface area contributed by atoms with Gasteiger partial charge in [-0.05, 0) is 59.7 Å². The minimum absolute atomic E-state index is 0.111. The molecule has 0 aliphatic carbocycles. The van der Waals surface area contributed by atoms with Crippen LogP contribution in [-0.2, 0) is 7.05 Å². The van der Waals surface area contributed by atoms with Gasteiger partial charge in [-0.25, -0.2) is 14.1 Å². The highest BCUT2D eigenvalue weighted by atomic mass is 19.1. The Bertz CT molecular complexity index is 1280. The Labute approximate surface area is 182 Å². The molecule has 0 fully saturated rings. The third kappa shape index (κ3) is 4.10. The van der Waals surface area contributed by atoms with E-state index in [1.807, 2.05) is 0 Å². The first kappa shape index (κ1) is 21.2. The zero-order valence-corrected chi connectivity index (χ0v) is 17.7. The van der Waals surface area contributed by atoms with Crippen LogP contribution in [0.1, 0.15) is 28.9 Å². The Morgan fingerprint density at radius 1 is 1.31 bits per heavy atom. The summed E-state index contributed by atoms with van der Waals surface area (Å²) in [5.41, 5.74) is 2.47. The van der Waals surface area contributed by atoms with Crippen molar-refractivity contribution < 1.29 is 14.3 Å². The number of pyridine rings is 1. The molecule has 0 unspecified atom stereocenters. The van der Waals surface area contributed by atoms with Crippen molar-refractivity contribution in [3.8, 4) is 22.6 Å². The third-order valence-corrected chi connectivity index (χ3v) is 4.97. The number of hydrogen-bond donors (Lipinski definition) is 2. The van der Waals surface area contributed by atoms with Crippen LogP contribution in [-0.4, -0.2) is 52.6 Å². The molecule has 0 spiro atoms. The molecule has 2 N–H and O–H groups in total. The number of amides is 1. The Balaban J connectivity index is 1.63. The lowest BCUT2D eigenvalue weighted by Gasteiger charge is -2.12. The molecule has 1 aromatic carbocycles. The summed E-state index contributed by atoms with van der Waals surface area (Å²) in [4.78, 5) is 17.2. The quantitative estimate of drug-likeness (QED) is 0.476. The van der Waals surface area contributed by atoms with Crippen LogP contribution in [0.15, 0.2) is 42.7 Å². The van der Waals surface area contributed by atoms with Gasteiger partial charge in [-0.15, -0.1) is 5.10 Å². The molecule has 3 heterocycles. The lowest BCUT2D eigenvalue weighted by atomic mass is 9.99. The molecule has 0 bridgehead atoms. The summed E-state index contributed by atoms with van der Waals surface area (Å²) >= 11 is 0. The molecule has 4 aromatic rings. The van der Waals surface area contributed by atoms with E-state index < -0.39 is 11.7 Å². The van der Waals surface area contributed by atoms with Gasteiger partial charge in [0.2, 0.25) is 5.82 Å². The maximum atomic E-state index is 14.6. The Hall–Kier alpha value is -3.99. The second-order valence-electron chi connectivity index (χ2n) is 7.39. The largest absolute Gasteiger partial charge is 0.394 e. The van der Waals surface area contributed by atoms with Crippen LogP contribution < -0.4 is 5.32 Å². The summed E-state index contributed by atoms with van der Waals surface area (Å²) in [5, 5.41) is 27.6. The molecule has 0 saturated heterocycles. The Morgan fingerprint density at radius 2 is 2.12 bits per heavy atom. The van der Waals surface area contributed by atoms with E-state index in [4.69, 9.17) is 0 Å². The van der Waals surface area contributed by atoms with Crippen molar-refractivity contribution in [1.29, 1.82) is 0 Å². The van der Waals surface area contributed by atoms with Crippen LogP contribution in [0.3, 0.4) is 0 Å². The number of aliphatic hydroxyl groups excluding tert-OH is 1. The molecule has 0 radical (unpaired) electrons. The second-order valence-corrected chi connectivity index (χ2v) is 7.39. The molecule has 0 saturated carbocycles. The molecule has 32 heavy (non-hydrogen) atoms. The van der Waals surface area contributed by atoms with Gasteiger partial charge in [0.25, 0.3) is 5.91 Å². The smallest absolute Gasteiger partial charge is 0.259 e. The lowest BCUT2D eigenvalue weighted by molar-refractivity contribution is 0.102. The molecule has 10 nitrogen and oxygen atoms in total. The number of nitrogens with zero attached hydrogens (tertiary/aromatic N) is 7. The predicted octanol–water partition coefficient (Wildman–Crippen LogP) is 2.39. The first-order valence-electron chi connectivity index (χ1n) is 9.84. The van der Waals surface area contributed by atoms with Crippen molar-refractivity contribution in [1.82, 2.24) is 35.0 Å². The minimum atomic E-state index is -0.638. The number of carbonyl (C=O) groups excluding carboxylic acids is 1. The molecule has 0 aliphatic rings. The monoisotopic (exact) mass is 436 g/mol. The van der Waals surface area contributed by atoms with Gasteiger partial charge >= 0.3 is 0 Å². The summed E-state index contributed by atoms with van der Waals surface area (Å²) < 4.78 is 17.7. The number of aliphatic hydroxyl groups is 1. The number of hydrogen-bond acceptors (Lipinski definition) is 7. The highest BCUT2D eigenvalue weighted by Crippen LogP contribution is 2.27. The van der Waals surface area contributed by atoms with Gasteiger partial charge in [-0.1, -0.05) is 6.07 Å². The average Bonchev–Trinajstić information content (AvgIpc) is 3.42. The highest BCUT2D eigenvalue weighted by molar-refractivity contribution is 6.05. The Kier molecular flexibility index (Phi) is 5.73. The third-order valence-electron chi connectivity index (χ3n) is 4.97. The van der Waals surface area contributed by atoms with Gasteiger partial charge in [0.05, 0.1) is 24.4 Å². The summed E-state index contributed by atoms with van der Waals surface area (Å²) in [6.07, 6.45) is 3.45. The molecular formula is C21H21FN8O2. The van der Waals surface area contributed by atoms with Gasteiger partial charge in [0, 0.05) is 18.8 Å². The van der Waals surface area contributed by atoms with Crippen LogP contribution in [0.25, 0.3) is 22.6 Å². The SMILES string of the molecule is Cc1cc(F)c(C(=O)Nc2cccc(-c3nnnn3[C@H](C)CO)n2)cc1-c1cnn(C)c1.